The molecular weight excluding hydrogens is 685 g/mol. The van der Waals surface area contributed by atoms with Gasteiger partial charge in [-0.15, -0.1) is 46.1 Å². The summed E-state index contributed by atoms with van der Waals surface area (Å²) in [6, 6.07) is 0. The van der Waals surface area contributed by atoms with Crippen LogP contribution in [0.15, 0.2) is 75.4 Å². The first kappa shape index (κ1) is 139. The van der Waals surface area contributed by atoms with E-state index in [4.69, 9.17) is 0 Å². The minimum atomic E-state index is 0.833. The first-order valence-corrected chi connectivity index (χ1v) is 24.2. The molecule has 0 aromatic heterocycles. The van der Waals surface area contributed by atoms with Gasteiger partial charge in [0.25, 0.3) is 0 Å². The molecule has 0 aromatic rings. The quantitative estimate of drug-likeness (QED) is 0.213. The standard InChI is InChI=1S/3C4H10.2C4H8.2C3H8.3C3H6.10C2H6.C2H4/c5*1-4(2)3;5*1-3-2;11*1-2/h3*4H,1-3H3;2*1H2,2-3H3;2*3H2,1-2H3;3*3H,1H2,2H3;10*1-2H3;1-2H2. The maximum Gasteiger partial charge on any atom is -0.0445 e. The molecule has 0 aliphatic carbocycles. The lowest BCUT2D eigenvalue weighted by molar-refractivity contribution is 0.736. The third-order valence-electron chi connectivity index (χ3n) is 0. The third-order valence-corrected chi connectivity index (χ3v) is 0. The Morgan fingerprint density at radius 3 is 0.316 bits per heavy atom. The van der Waals surface area contributed by atoms with Crippen LogP contribution < -0.4 is 0 Å². The molecule has 0 aromatic carbocycles. The van der Waals surface area contributed by atoms with E-state index < -0.39 is 0 Å². The molecule has 0 aliphatic rings. The highest BCUT2D eigenvalue weighted by molar-refractivity contribution is 4.79. The zero-order valence-corrected chi connectivity index (χ0v) is 50.8. The van der Waals surface area contributed by atoms with Gasteiger partial charge in [-0.3, -0.25) is 0 Å². The SMILES string of the molecule is C=C.C=C(C)C.C=C(C)C.C=CC.C=CC.C=CC.CC.CC.CC.CC.CC.CC.CC.CC.CC.CC.CC(C)C.CC(C)C.CC(C)C.CCC.CCC. The van der Waals surface area contributed by atoms with Crippen molar-refractivity contribution in [1.82, 2.24) is 0 Å². The van der Waals surface area contributed by atoms with Crippen LogP contribution in [0.1, 0.15) is 290 Å². The zero-order chi connectivity index (χ0) is 53.4. The minimum Gasteiger partial charge on any atom is -0.106 e. The van der Waals surface area contributed by atoms with E-state index in [1.165, 1.54) is 24.0 Å². The van der Waals surface area contributed by atoms with E-state index in [1.807, 2.05) is 187 Å². The molecule has 0 saturated heterocycles. The van der Waals surface area contributed by atoms with Crippen molar-refractivity contribution in [2.45, 2.75) is 290 Å². The van der Waals surface area contributed by atoms with Crippen LogP contribution in [0.25, 0.3) is 0 Å². The van der Waals surface area contributed by atoms with Gasteiger partial charge in [0.15, 0.2) is 0 Å². The molecule has 0 radical (unpaired) electrons. The summed E-state index contributed by atoms with van der Waals surface area (Å²) in [6.07, 6.45) is 7.75. The third kappa shape index (κ3) is 61500. The molecule has 0 nitrogen and oxygen atoms in total. The topological polar surface area (TPSA) is 0 Å². The summed E-state index contributed by atoms with van der Waals surface area (Å²) in [7, 11) is 0. The van der Waals surface area contributed by atoms with Crippen LogP contribution in [0.5, 0.6) is 0 Å². The molecule has 0 saturated carbocycles. The Bertz CT molecular complexity index is 254. The summed E-state index contributed by atoms with van der Waals surface area (Å²) in [5.41, 5.74) is 2.33. The smallest absolute Gasteiger partial charge is 0.0445 e. The summed E-state index contributed by atoms with van der Waals surface area (Å²) in [5, 5.41) is 0. The van der Waals surface area contributed by atoms with Gasteiger partial charge in [-0.1, -0.05) is 271 Å². The van der Waals surface area contributed by atoms with Crippen molar-refractivity contribution in [3.8, 4) is 0 Å². The second-order valence-electron chi connectivity index (χ2n) is 10.2. The molecule has 0 heterocycles. The van der Waals surface area contributed by atoms with Crippen LogP contribution >= 0.6 is 0 Å². The highest BCUT2D eigenvalue weighted by Crippen LogP contribution is 1.82. The molecule has 0 heteroatoms. The van der Waals surface area contributed by atoms with Crippen molar-refractivity contribution < 1.29 is 0 Å². The molecule has 372 valence electrons. The molecule has 0 rings (SSSR count). The predicted octanol–water partition coefficient (Wildman–Crippen LogP) is 25.6. The Balaban J connectivity index is -0.0000000127. The van der Waals surface area contributed by atoms with Crippen LogP contribution in [-0.2, 0) is 0 Å². The largest absolute Gasteiger partial charge is 0.106 e. The van der Waals surface area contributed by atoms with E-state index in [-0.39, 0.29) is 0 Å². The Hall–Kier alpha value is -1.56. The fraction of sp³-hybridized carbons (Fsp3) is 0.789. The van der Waals surface area contributed by atoms with Gasteiger partial charge in [0, 0.05) is 0 Å². The zero-order valence-electron chi connectivity index (χ0n) is 50.8. The Morgan fingerprint density at radius 2 is 0.316 bits per heavy atom. The molecule has 0 unspecified atom stereocenters. The molecular formula is C57H144. The molecule has 0 spiro atoms. The second kappa shape index (κ2) is 457. The molecule has 0 atom stereocenters. The molecule has 0 amide bonds. The number of hydrogen-bond acceptors (Lipinski definition) is 0. The van der Waals surface area contributed by atoms with Gasteiger partial charge in [-0.05, 0) is 66.2 Å². The van der Waals surface area contributed by atoms with Crippen molar-refractivity contribution in [2.24, 2.45) is 17.8 Å². The van der Waals surface area contributed by atoms with Gasteiger partial charge in [-0.2, -0.15) is 0 Å². The van der Waals surface area contributed by atoms with Crippen LogP contribution in [0.4, 0.5) is 0 Å². The van der Waals surface area contributed by atoms with Gasteiger partial charge in [0.05, 0.1) is 0 Å². The average molecular weight is 830 g/mol. The molecule has 0 fully saturated rings. The monoisotopic (exact) mass is 829 g/mol. The lowest BCUT2D eigenvalue weighted by Gasteiger charge is -1.79. The Kier molecular flexibility index (Phi) is 1110. The van der Waals surface area contributed by atoms with Crippen LogP contribution in [-0.4, -0.2) is 0 Å². The maximum atomic E-state index is 3.56. The van der Waals surface area contributed by atoms with Crippen LogP contribution in [0.3, 0.4) is 0 Å². The van der Waals surface area contributed by atoms with Crippen molar-refractivity contribution in [3.05, 3.63) is 75.4 Å². The van der Waals surface area contributed by atoms with E-state index in [1.54, 1.807) is 18.2 Å². The Morgan fingerprint density at radius 1 is 0.316 bits per heavy atom. The Labute approximate surface area is 381 Å². The van der Waals surface area contributed by atoms with Gasteiger partial charge in [0.1, 0.15) is 0 Å². The van der Waals surface area contributed by atoms with Crippen LogP contribution in [0, 0.1) is 17.8 Å². The van der Waals surface area contributed by atoms with Gasteiger partial charge in [0.2, 0.25) is 0 Å². The van der Waals surface area contributed by atoms with E-state index in [0.29, 0.717) is 0 Å². The summed E-state index contributed by atoms with van der Waals surface area (Å²) >= 11 is 0. The number of allylic oxidation sites excluding steroid dienone is 5. The first-order valence-electron chi connectivity index (χ1n) is 24.2. The lowest BCUT2D eigenvalue weighted by Crippen LogP contribution is -1.66. The van der Waals surface area contributed by atoms with Gasteiger partial charge < -0.3 is 0 Å². The van der Waals surface area contributed by atoms with Gasteiger partial charge in [-0.25, -0.2) is 0 Å². The van der Waals surface area contributed by atoms with Crippen molar-refractivity contribution in [1.29, 1.82) is 0 Å². The normalized spacial score (nSPS) is 5.25. The highest BCUT2D eigenvalue weighted by atomic mass is 13.8. The van der Waals surface area contributed by atoms with Crippen LogP contribution in [0.2, 0.25) is 0 Å². The van der Waals surface area contributed by atoms with Crippen molar-refractivity contribution >= 4 is 0 Å². The fourth-order valence-electron chi connectivity index (χ4n) is 0. The number of hydrogen-bond donors (Lipinski definition) is 0. The lowest BCUT2D eigenvalue weighted by atomic mass is 10.3. The molecule has 0 bridgehead atoms. The summed E-state index contributed by atoms with van der Waals surface area (Å²) < 4.78 is 0. The van der Waals surface area contributed by atoms with E-state index >= 15 is 0 Å². The molecule has 57 heavy (non-hydrogen) atoms. The maximum absolute atomic E-state index is 3.56. The fourth-order valence-corrected chi connectivity index (χ4v) is 0. The van der Waals surface area contributed by atoms with Gasteiger partial charge >= 0.3 is 0 Å². The summed E-state index contributed by atoms with van der Waals surface area (Å²) in [4.78, 5) is 0. The van der Waals surface area contributed by atoms with E-state index in [9.17, 15) is 0 Å². The summed E-state index contributed by atoms with van der Waals surface area (Å²) in [5.74, 6) is 2.50. The summed E-state index contributed by atoms with van der Waals surface area (Å²) in [6.45, 7) is 105. The van der Waals surface area contributed by atoms with E-state index in [0.717, 1.165) is 17.8 Å². The highest BCUT2D eigenvalue weighted by Gasteiger charge is 1.69. The molecule has 0 aliphatic heterocycles. The average Bonchev–Trinajstić information content (AvgIpc) is 3.18. The first-order chi connectivity index (χ1) is 26.7. The minimum absolute atomic E-state index is 0.833. The van der Waals surface area contributed by atoms with Crippen molar-refractivity contribution in [2.75, 3.05) is 0 Å². The van der Waals surface area contributed by atoms with E-state index in [2.05, 4.69) is 136 Å². The number of rotatable bonds is 0. The predicted molar refractivity (Wildman–Crippen MR) is 307 cm³/mol. The van der Waals surface area contributed by atoms with Crippen molar-refractivity contribution in [3.63, 3.8) is 0 Å². The second-order valence-corrected chi connectivity index (χ2v) is 10.2. The molecule has 0 N–H and O–H groups in total.